The molecule has 2 aliphatic rings. The van der Waals surface area contributed by atoms with E-state index >= 15 is 0 Å². The zero-order chi connectivity index (χ0) is 18.8. The van der Waals surface area contributed by atoms with Gasteiger partial charge in [-0.2, -0.15) is 5.10 Å². The minimum Gasteiger partial charge on any atom is -0.497 e. The molecular weight excluding hydrogens is 453 g/mol. The zero-order valence-electron chi connectivity index (χ0n) is 15.8. The largest absolute Gasteiger partial charge is 0.497 e. The molecule has 0 radical (unpaired) electrons. The van der Waals surface area contributed by atoms with Crippen LogP contribution in [0.1, 0.15) is 59.0 Å². The predicted octanol–water partition coefficient (Wildman–Crippen LogP) is 4.18. The van der Waals surface area contributed by atoms with Crippen LogP contribution in [-0.2, 0) is 19.4 Å². The number of hydrogen-bond acceptors (Lipinski definition) is 3. The topological polar surface area (TPSA) is 47.4 Å². The van der Waals surface area contributed by atoms with Crippen LogP contribution in [0.4, 0.5) is 0 Å². The molecule has 144 valence electrons. The third-order valence-electron chi connectivity index (χ3n) is 5.75. The van der Waals surface area contributed by atoms with Gasteiger partial charge >= 0.3 is 0 Å². The number of carbonyl (C=O) groups excluding carboxylic acids is 1. The average Bonchev–Trinajstić information content (AvgIpc) is 3.33. The van der Waals surface area contributed by atoms with Gasteiger partial charge in [-0.05, 0) is 37.0 Å². The molecule has 1 fully saturated rings. The van der Waals surface area contributed by atoms with E-state index in [2.05, 4.69) is 27.3 Å². The van der Waals surface area contributed by atoms with E-state index in [4.69, 9.17) is 9.84 Å². The molecule has 0 unspecified atom stereocenters. The summed E-state index contributed by atoms with van der Waals surface area (Å²) in [6.45, 7) is 1.40. The van der Waals surface area contributed by atoms with Crippen LogP contribution < -0.4 is 4.74 Å². The molecule has 5 nitrogen and oxygen atoms in total. The standard InChI is InChI=1S/C21H26IN3O2/c1-27-17-8-6-15(7-9-17)14-24-13-11-18-19(10-12-22)23-25(20(18)21(24)26)16-4-2-3-5-16/h6-9,16H,2-5,10-14H2,1H3. The lowest BCUT2D eigenvalue weighted by molar-refractivity contribution is 0.0710. The summed E-state index contributed by atoms with van der Waals surface area (Å²) >= 11 is 2.40. The monoisotopic (exact) mass is 479 g/mol. The van der Waals surface area contributed by atoms with Gasteiger partial charge in [0.15, 0.2) is 0 Å². The number of alkyl halides is 1. The highest BCUT2D eigenvalue weighted by atomic mass is 127. The van der Waals surface area contributed by atoms with Crippen molar-refractivity contribution >= 4 is 28.5 Å². The van der Waals surface area contributed by atoms with Crippen molar-refractivity contribution in [3.63, 3.8) is 0 Å². The third-order valence-corrected chi connectivity index (χ3v) is 6.29. The number of nitrogens with zero attached hydrogens (tertiary/aromatic N) is 3. The molecule has 1 saturated carbocycles. The summed E-state index contributed by atoms with van der Waals surface area (Å²) in [5, 5.41) is 4.93. The van der Waals surface area contributed by atoms with Gasteiger partial charge in [-0.15, -0.1) is 0 Å². The lowest BCUT2D eigenvalue weighted by Crippen LogP contribution is -2.38. The number of aryl methyl sites for hydroxylation is 1. The molecule has 4 rings (SSSR count). The molecule has 1 aliphatic heterocycles. The van der Waals surface area contributed by atoms with Crippen molar-refractivity contribution in [3.05, 3.63) is 46.8 Å². The Morgan fingerprint density at radius 3 is 2.63 bits per heavy atom. The van der Waals surface area contributed by atoms with Crippen molar-refractivity contribution < 1.29 is 9.53 Å². The molecule has 0 saturated heterocycles. The number of aromatic nitrogens is 2. The Labute approximate surface area is 174 Å². The van der Waals surface area contributed by atoms with E-state index in [1.54, 1.807) is 7.11 Å². The van der Waals surface area contributed by atoms with Crippen LogP contribution in [0.3, 0.4) is 0 Å². The molecule has 1 aromatic carbocycles. The molecule has 27 heavy (non-hydrogen) atoms. The van der Waals surface area contributed by atoms with Gasteiger partial charge in [0.25, 0.3) is 5.91 Å². The lowest BCUT2D eigenvalue weighted by atomic mass is 10.0. The van der Waals surface area contributed by atoms with E-state index in [9.17, 15) is 4.79 Å². The fraction of sp³-hybridized carbons (Fsp3) is 0.524. The minimum absolute atomic E-state index is 0.145. The van der Waals surface area contributed by atoms with Crippen LogP contribution in [0, 0.1) is 0 Å². The number of benzene rings is 1. The lowest BCUT2D eigenvalue weighted by Gasteiger charge is -2.28. The van der Waals surface area contributed by atoms with E-state index in [0.717, 1.165) is 59.4 Å². The fourth-order valence-electron chi connectivity index (χ4n) is 4.31. The van der Waals surface area contributed by atoms with Gasteiger partial charge in [-0.3, -0.25) is 9.48 Å². The summed E-state index contributed by atoms with van der Waals surface area (Å²) in [6.07, 6.45) is 6.63. The first-order chi connectivity index (χ1) is 13.2. The van der Waals surface area contributed by atoms with Crippen LogP contribution in [0.2, 0.25) is 0 Å². The van der Waals surface area contributed by atoms with Gasteiger partial charge in [0.05, 0.1) is 18.8 Å². The van der Waals surface area contributed by atoms with Gasteiger partial charge in [0, 0.05) is 29.5 Å². The van der Waals surface area contributed by atoms with Crippen LogP contribution in [0.15, 0.2) is 24.3 Å². The first-order valence-electron chi connectivity index (χ1n) is 9.79. The van der Waals surface area contributed by atoms with E-state index in [0.29, 0.717) is 12.6 Å². The smallest absolute Gasteiger partial charge is 0.272 e. The maximum atomic E-state index is 13.4. The third kappa shape index (κ3) is 3.73. The number of halogens is 1. The highest BCUT2D eigenvalue weighted by Crippen LogP contribution is 2.34. The summed E-state index contributed by atoms with van der Waals surface area (Å²) in [7, 11) is 1.67. The summed E-state index contributed by atoms with van der Waals surface area (Å²) in [5.74, 6) is 0.986. The maximum Gasteiger partial charge on any atom is 0.272 e. The molecule has 1 aromatic heterocycles. The second-order valence-corrected chi connectivity index (χ2v) is 8.50. The molecule has 1 amide bonds. The van der Waals surface area contributed by atoms with Crippen LogP contribution in [0.5, 0.6) is 5.75 Å². The first-order valence-corrected chi connectivity index (χ1v) is 11.3. The molecule has 0 spiro atoms. The van der Waals surface area contributed by atoms with Gasteiger partial charge < -0.3 is 9.64 Å². The van der Waals surface area contributed by atoms with Gasteiger partial charge in [0.2, 0.25) is 0 Å². The van der Waals surface area contributed by atoms with Crippen LogP contribution in [0.25, 0.3) is 0 Å². The predicted molar refractivity (Wildman–Crippen MR) is 114 cm³/mol. The van der Waals surface area contributed by atoms with Gasteiger partial charge in [-0.25, -0.2) is 0 Å². The van der Waals surface area contributed by atoms with E-state index in [-0.39, 0.29) is 5.91 Å². The SMILES string of the molecule is COc1ccc(CN2CCc3c(CCI)nn(C4CCCC4)c3C2=O)cc1. The van der Waals surface area contributed by atoms with E-state index < -0.39 is 0 Å². The number of rotatable bonds is 6. The van der Waals surface area contributed by atoms with Crippen LogP contribution >= 0.6 is 22.6 Å². The number of carbonyl (C=O) groups is 1. The Morgan fingerprint density at radius 1 is 1.22 bits per heavy atom. The Kier molecular flexibility index (Phi) is 5.71. The molecule has 0 bridgehead atoms. The highest BCUT2D eigenvalue weighted by Gasteiger charge is 2.34. The summed E-state index contributed by atoms with van der Waals surface area (Å²) < 4.78 is 8.36. The number of ether oxygens (including phenoxy) is 1. The van der Waals surface area contributed by atoms with Crippen molar-refractivity contribution in [2.75, 3.05) is 18.1 Å². The molecule has 2 aromatic rings. The quantitative estimate of drug-likeness (QED) is 0.462. The Morgan fingerprint density at radius 2 is 1.96 bits per heavy atom. The molecule has 1 aliphatic carbocycles. The second-order valence-electron chi connectivity index (χ2n) is 7.42. The summed E-state index contributed by atoms with van der Waals surface area (Å²) in [4.78, 5) is 15.4. The zero-order valence-corrected chi connectivity index (χ0v) is 17.9. The first kappa shape index (κ1) is 18.8. The highest BCUT2D eigenvalue weighted by molar-refractivity contribution is 14.1. The van der Waals surface area contributed by atoms with Gasteiger partial charge in [0.1, 0.15) is 11.4 Å². The number of methoxy groups -OCH3 is 1. The van der Waals surface area contributed by atoms with E-state index in [1.165, 1.54) is 18.4 Å². The van der Waals surface area contributed by atoms with Gasteiger partial charge in [-0.1, -0.05) is 47.6 Å². The fourth-order valence-corrected chi connectivity index (χ4v) is 4.82. The maximum absolute atomic E-state index is 13.4. The normalized spacial score (nSPS) is 17.4. The average molecular weight is 479 g/mol. The van der Waals surface area contributed by atoms with E-state index in [1.807, 2.05) is 29.2 Å². The Hall–Kier alpha value is -1.57. The van der Waals surface area contributed by atoms with Crippen molar-refractivity contribution in [2.45, 2.75) is 51.1 Å². The second kappa shape index (κ2) is 8.20. The minimum atomic E-state index is 0.145. The van der Waals surface area contributed by atoms with Crippen molar-refractivity contribution in [1.29, 1.82) is 0 Å². The van der Waals surface area contributed by atoms with Crippen molar-refractivity contribution in [3.8, 4) is 5.75 Å². The number of hydrogen-bond donors (Lipinski definition) is 0. The molecule has 2 heterocycles. The summed E-state index contributed by atoms with van der Waals surface area (Å²) in [5.41, 5.74) is 4.34. The van der Waals surface area contributed by atoms with Crippen LogP contribution in [-0.4, -0.2) is 38.7 Å². The van der Waals surface area contributed by atoms with Crippen molar-refractivity contribution in [2.24, 2.45) is 0 Å². The molecule has 0 N–H and O–H groups in total. The number of fused-ring (bicyclic) bond motifs is 1. The Balaban J connectivity index is 1.61. The molecule has 6 heteroatoms. The number of amides is 1. The summed E-state index contributed by atoms with van der Waals surface area (Å²) in [6, 6.07) is 8.38. The molecule has 0 atom stereocenters. The van der Waals surface area contributed by atoms with Crippen molar-refractivity contribution in [1.82, 2.24) is 14.7 Å². The molecular formula is C21H26IN3O2. The Bertz CT molecular complexity index is 810.